The smallest absolute Gasteiger partial charge is 0.272 e. The van der Waals surface area contributed by atoms with E-state index < -0.39 is 0 Å². The molecule has 4 rings (SSSR count). The number of para-hydroxylation sites is 1. The van der Waals surface area contributed by atoms with Crippen LogP contribution >= 0.6 is 0 Å². The van der Waals surface area contributed by atoms with E-state index in [-0.39, 0.29) is 11.9 Å². The van der Waals surface area contributed by atoms with E-state index in [1.165, 1.54) is 0 Å². The van der Waals surface area contributed by atoms with Crippen LogP contribution in [0.25, 0.3) is 0 Å². The molecule has 2 heterocycles. The zero-order valence-electron chi connectivity index (χ0n) is 16.7. The lowest BCUT2D eigenvalue weighted by atomic mass is 10.0. The number of methoxy groups -OCH3 is 1. The zero-order valence-corrected chi connectivity index (χ0v) is 16.7. The van der Waals surface area contributed by atoms with E-state index in [1.807, 2.05) is 60.5 Å². The average molecular weight is 389 g/mol. The van der Waals surface area contributed by atoms with Gasteiger partial charge in [-0.2, -0.15) is 10.2 Å². The number of carbonyl (C=O) groups is 1. The lowest BCUT2D eigenvalue weighted by Gasteiger charge is -2.23. The Balaban J connectivity index is 1.64. The lowest BCUT2D eigenvalue weighted by Crippen LogP contribution is -2.22. The van der Waals surface area contributed by atoms with E-state index in [1.54, 1.807) is 18.8 Å². The normalized spacial score (nSPS) is 15.9. The van der Waals surface area contributed by atoms with E-state index in [4.69, 9.17) is 4.74 Å². The molecular weight excluding hydrogens is 366 g/mol. The number of anilines is 2. The van der Waals surface area contributed by atoms with Crippen molar-refractivity contribution in [1.82, 2.24) is 9.78 Å². The van der Waals surface area contributed by atoms with Crippen LogP contribution in [0, 0.1) is 6.92 Å². The van der Waals surface area contributed by atoms with Gasteiger partial charge >= 0.3 is 0 Å². The highest BCUT2D eigenvalue weighted by Crippen LogP contribution is 2.35. The maximum absolute atomic E-state index is 13.0. The molecule has 1 aliphatic rings. The zero-order chi connectivity index (χ0) is 20.4. The minimum atomic E-state index is -0.251. The Bertz CT molecular complexity index is 1040. The van der Waals surface area contributed by atoms with Gasteiger partial charge in [-0.25, -0.2) is 4.68 Å². The van der Waals surface area contributed by atoms with Crippen molar-refractivity contribution >= 4 is 23.0 Å². The first-order valence-electron chi connectivity index (χ1n) is 9.44. The number of nitrogens with one attached hydrogen (secondary N) is 1. The van der Waals surface area contributed by atoms with Crippen molar-refractivity contribution in [2.24, 2.45) is 12.1 Å². The van der Waals surface area contributed by atoms with Crippen LogP contribution < -0.4 is 15.1 Å². The second kappa shape index (κ2) is 7.79. The summed E-state index contributed by atoms with van der Waals surface area (Å²) in [5.74, 6) is 0.257. The predicted octanol–water partition coefficient (Wildman–Crippen LogP) is 3.68. The Morgan fingerprint density at radius 3 is 2.41 bits per heavy atom. The summed E-state index contributed by atoms with van der Waals surface area (Å²) in [6.07, 6.45) is 0.506. The van der Waals surface area contributed by atoms with Crippen LogP contribution in [0.2, 0.25) is 0 Å². The lowest BCUT2D eigenvalue weighted by molar-refractivity contribution is -0.110. The van der Waals surface area contributed by atoms with Gasteiger partial charge in [-0.1, -0.05) is 48.5 Å². The van der Waals surface area contributed by atoms with Gasteiger partial charge in [0.05, 0.1) is 24.5 Å². The third-order valence-corrected chi connectivity index (χ3v) is 4.98. The van der Waals surface area contributed by atoms with E-state index in [9.17, 15) is 4.79 Å². The summed E-state index contributed by atoms with van der Waals surface area (Å²) in [5.41, 5.74) is 3.78. The first kappa shape index (κ1) is 18.7. The second-order valence-corrected chi connectivity index (χ2v) is 6.90. The number of hydrogen-bond donors (Lipinski definition) is 1. The molecule has 7 heteroatoms. The minimum absolute atomic E-state index is 0.0451. The standard InChI is InChI=1S/C22H23N5O2/c1-15-20(22(29-3)26(2)24-15)23-21(28)18-14-19(16-10-6-4-7-11-16)27(25-18)17-12-8-5-9-13-17/h4-13,19H,14H2,1-3H3,(H,23,28). The molecule has 0 saturated carbocycles. The van der Waals surface area contributed by atoms with Crippen LogP contribution in [-0.2, 0) is 11.8 Å². The van der Waals surface area contributed by atoms with Crippen LogP contribution in [0.5, 0.6) is 5.88 Å². The minimum Gasteiger partial charge on any atom is -0.480 e. The Morgan fingerprint density at radius 2 is 1.76 bits per heavy atom. The Hall–Kier alpha value is -3.61. The second-order valence-electron chi connectivity index (χ2n) is 6.90. The highest BCUT2D eigenvalue weighted by Gasteiger charge is 2.33. The van der Waals surface area contributed by atoms with Crippen LogP contribution in [-0.4, -0.2) is 28.5 Å². The molecule has 29 heavy (non-hydrogen) atoms. The highest BCUT2D eigenvalue weighted by atomic mass is 16.5. The number of carbonyl (C=O) groups excluding carboxylic acids is 1. The molecule has 0 bridgehead atoms. The number of hydrazone groups is 1. The molecule has 1 unspecified atom stereocenters. The van der Waals surface area contributed by atoms with Gasteiger partial charge in [0, 0.05) is 13.5 Å². The fourth-order valence-electron chi connectivity index (χ4n) is 3.60. The number of nitrogens with zero attached hydrogens (tertiary/aromatic N) is 4. The van der Waals surface area contributed by atoms with Gasteiger partial charge in [0.1, 0.15) is 11.4 Å². The van der Waals surface area contributed by atoms with Crippen molar-refractivity contribution in [3.05, 3.63) is 71.9 Å². The number of aromatic nitrogens is 2. The molecule has 2 aromatic carbocycles. The number of benzene rings is 2. The van der Waals surface area contributed by atoms with Crippen LogP contribution in [0.3, 0.4) is 0 Å². The molecular formula is C22H23N5O2. The molecule has 1 amide bonds. The maximum atomic E-state index is 13.0. The molecule has 0 aliphatic carbocycles. The topological polar surface area (TPSA) is 71.8 Å². The largest absolute Gasteiger partial charge is 0.480 e. The van der Waals surface area contributed by atoms with Crippen molar-refractivity contribution in [2.75, 3.05) is 17.4 Å². The molecule has 3 aromatic rings. The average Bonchev–Trinajstić information content (AvgIpc) is 3.30. The fourth-order valence-corrected chi connectivity index (χ4v) is 3.60. The van der Waals surface area contributed by atoms with Crippen molar-refractivity contribution < 1.29 is 9.53 Å². The molecule has 0 radical (unpaired) electrons. The summed E-state index contributed by atoms with van der Waals surface area (Å²) in [6.45, 7) is 1.83. The number of rotatable bonds is 5. The molecule has 7 nitrogen and oxygen atoms in total. The molecule has 1 atom stereocenters. The molecule has 1 N–H and O–H groups in total. The van der Waals surface area contributed by atoms with Gasteiger partial charge in [0.15, 0.2) is 0 Å². The summed E-state index contributed by atoms with van der Waals surface area (Å²) in [7, 11) is 3.33. The Kier molecular flexibility index (Phi) is 5.03. The SMILES string of the molecule is COc1c(NC(=O)C2=NN(c3ccccc3)C(c3ccccc3)C2)c(C)nn1C. The van der Waals surface area contributed by atoms with Crippen molar-refractivity contribution in [3.8, 4) is 5.88 Å². The van der Waals surface area contributed by atoms with E-state index in [2.05, 4.69) is 27.6 Å². The third-order valence-electron chi connectivity index (χ3n) is 4.98. The van der Waals surface area contributed by atoms with Crippen LogP contribution in [0.15, 0.2) is 65.8 Å². The van der Waals surface area contributed by atoms with Crippen molar-refractivity contribution in [3.63, 3.8) is 0 Å². The molecule has 0 spiro atoms. The van der Waals surface area contributed by atoms with Gasteiger partial charge in [0.25, 0.3) is 5.91 Å². The van der Waals surface area contributed by atoms with Crippen molar-refractivity contribution in [1.29, 1.82) is 0 Å². The quantitative estimate of drug-likeness (QED) is 0.723. The van der Waals surface area contributed by atoms with Gasteiger partial charge in [-0.3, -0.25) is 9.80 Å². The summed E-state index contributed by atoms with van der Waals surface area (Å²) < 4.78 is 6.98. The van der Waals surface area contributed by atoms with Crippen LogP contribution in [0.1, 0.15) is 23.7 Å². The number of amides is 1. The summed E-state index contributed by atoms with van der Waals surface area (Å²) in [6, 6.07) is 19.9. The van der Waals surface area contributed by atoms with E-state index >= 15 is 0 Å². The number of hydrogen-bond acceptors (Lipinski definition) is 5. The summed E-state index contributed by atoms with van der Waals surface area (Å²) in [4.78, 5) is 13.0. The van der Waals surface area contributed by atoms with Crippen molar-refractivity contribution in [2.45, 2.75) is 19.4 Å². The fraction of sp³-hybridized carbons (Fsp3) is 0.227. The van der Waals surface area contributed by atoms with E-state index in [0.29, 0.717) is 29.4 Å². The Morgan fingerprint density at radius 1 is 1.10 bits per heavy atom. The maximum Gasteiger partial charge on any atom is 0.272 e. The molecule has 148 valence electrons. The molecule has 1 aromatic heterocycles. The number of aryl methyl sites for hydroxylation is 2. The van der Waals surface area contributed by atoms with E-state index in [0.717, 1.165) is 11.3 Å². The van der Waals surface area contributed by atoms with Crippen LogP contribution in [0.4, 0.5) is 11.4 Å². The summed E-state index contributed by atoms with van der Waals surface area (Å²) >= 11 is 0. The molecule has 1 aliphatic heterocycles. The molecule has 0 fully saturated rings. The highest BCUT2D eigenvalue weighted by molar-refractivity contribution is 6.44. The molecule has 0 saturated heterocycles. The number of ether oxygens (including phenoxy) is 1. The Labute approximate surface area is 169 Å². The monoisotopic (exact) mass is 389 g/mol. The van der Waals surface area contributed by atoms with Gasteiger partial charge in [0.2, 0.25) is 5.88 Å². The predicted molar refractivity (Wildman–Crippen MR) is 113 cm³/mol. The van der Waals surface area contributed by atoms with Gasteiger partial charge in [-0.15, -0.1) is 0 Å². The van der Waals surface area contributed by atoms with Gasteiger partial charge < -0.3 is 10.1 Å². The summed E-state index contributed by atoms with van der Waals surface area (Å²) in [5, 5.41) is 13.8. The third kappa shape index (κ3) is 3.59. The first-order valence-corrected chi connectivity index (χ1v) is 9.44. The first-order chi connectivity index (χ1) is 14.1. The van der Waals surface area contributed by atoms with Gasteiger partial charge in [-0.05, 0) is 24.6 Å².